The van der Waals surface area contributed by atoms with E-state index in [-0.39, 0.29) is 44.7 Å². The first-order chi connectivity index (χ1) is 16.4. The summed E-state index contributed by atoms with van der Waals surface area (Å²) in [4.78, 5) is 39.4. The third-order valence-corrected chi connectivity index (χ3v) is 6.72. The number of imide groups is 1. The van der Waals surface area contributed by atoms with Gasteiger partial charge in [-0.3, -0.25) is 14.5 Å². The number of nitrogens with zero attached hydrogens (tertiary/aromatic N) is 1. The Kier molecular flexibility index (Phi) is 7.41. The Morgan fingerprint density at radius 1 is 1.09 bits per heavy atom. The maximum Gasteiger partial charge on any atom is 0.345 e. The number of rotatable bonds is 6. The van der Waals surface area contributed by atoms with Crippen LogP contribution in [0.2, 0.25) is 5.02 Å². The van der Waals surface area contributed by atoms with Gasteiger partial charge < -0.3 is 9.47 Å². The summed E-state index contributed by atoms with van der Waals surface area (Å²) in [7, 11) is 1.44. The van der Waals surface area contributed by atoms with E-state index in [1.54, 1.807) is 42.5 Å². The lowest BCUT2D eigenvalue weighted by atomic mass is 10.1. The topological polar surface area (TPSA) is 72.9 Å². The van der Waals surface area contributed by atoms with Gasteiger partial charge in [0.05, 0.1) is 33.6 Å². The van der Waals surface area contributed by atoms with Gasteiger partial charge in [0.2, 0.25) is 0 Å². The number of halogens is 2. The van der Waals surface area contributed by atoms with Crippen LogP contribution in [0.1, 0.15) is 21.5 Å². The number of hydrogen-bond acceptors (Lipinski definition) is 6. The van der Waals surface area contributed by atoms with E-state index in [0.717, 1.165) is 17.3 Å². The summed E-state index contributed by atoms with van der Waals surface area (Å²) in [6.07, 6.45) is 1.60. The largest absolute Gasteiger partial charge is 0.493 e. The first-order valence-electron chi connectivity index (χ1n) is 10.0. The quantitative estimate of drug-likeness (QED) is 0.194. The molecule has 0 N–H and O–H groups in total. The van der Waals surface area contributed by atoms with E-state index in [1.165, 1.54) is 12.0 Å². The molecule has 0 bridgehead atoms. The molecule has 9 heteroatoms. The van der Waals surface area contributed by atoms with Gasteiger partial charge in [-0.25, -0.2) is 4.79 Å². The Morgan fingerprint density at radius 3 is 2.50 bits per heavy atom. The van der Waals surface area contributed by atoms with Crippen molar-refractivity contribution < 1.29 is 23.9 Å². The zero-order valence-corrected chi connectivity index (χ0v) is 20.9. The molecule has 3 aromatic carbocycles. The summed E-state index contributed by atoms with van der Waals surface area (Å²) in [6.45, 7) is 0.201. The van der Waals surface area contributed by atoms with E-state index >= 15 is 0 Å². The van der Waals surface area contributed by atoms with E-state index in [0.29, 0.717) is 10.0 Å². The second-order valence-corrected chi connectivity index (χ2v) is 9.41. The number of thioether (sulfide) groups is 1. The molecule has 1 saturated heterocycles. The number of benzene rings is 3. The Morgan fingerprint density at radius 2 is 1.79 bits per heavy atom. The molecule has 0 unspecified atom stereocenters. The summed E-state index contributed by atoms with van der Waals surface area (Å²) in [5.41, 5.74) is 1.67. The molecule has 1 aliphatic rings. The van der Waals surface area contributed by atoms with Gasteiger partial charge in [0.25, 0.3) is 11.1 Å². The lowest BCUT2D eigenvalue weighted by molar-refractivity contribution is -0.123. The van der Waals surface area contributed by atoms with Gasteiger partial charge in [0.1, 0.15) is 0 Å². The van der Waals surface area contributed by atoms with Crippen LogP contribution in [0.25, 0.3) is 6.08 Å². The highest BCUT2D eigenvalue weighted by Gasteiger charge is 2.35. The number of amides is 2. The molecular weight excluding hydrogens is 542 g/mol. The molecule has 2 amide bonds. The molecule has 0 aliphatic carbocycles. The van der Waals surface area contributed by atoms with Gasteiger partial charge in [-0.15, -0.1) is 0 Å². The minimum absolute atomic E-state index is 0.168. The van der Waals surface area contributed by atoms with Crippen molar-refractivity contribution in [3.63, 3.8) is 0 Å². The number of hydrogen-bond donors (Lipinski definition) is 0. The first kappa shape index (κ1) is 24.1. The molecule has 0 spiro atoms. The Labute approximate surface area is 213 Å². The van der Waals surface area contributed by atoms with Gasteiger partial charge in [-0.05, 0) is 69.2 Å². The highest BCUT2D eigenvalue weighted by atomic mass is 79.9. The highest BCUT2D eigenvalue weighted by molar-refractivity contribution is 9.10. The van der Waals surface area contributed by atoms with Gasteiger partial charge in [-0.1, -0.05) is 54.1 Å². The molecule has 4 rings (SSSR count). The zero-order valence-electron chi connectivity index (χ0n) is 17.8. The SMILES string of the molecule is COc1cc(/C=C2\SC(=O)N(Cc3ccccc3)C2=O)cc(Br)c1OC(=O)c1ccccc1Cl. The average molecular weight is 559 g/mol. The number of carbonyl (C=O) groups is 3. The number of ether oxygens (including phenoxy) is 2. The van der Waals surface area contributed by atoms with Crippen LogP contribution in [0.3, 0.4) is 0 Å². The average Bonchev–Trinajstić information content (AvgIpc) is 3.08. The van der Waals surface area contributed by atoms with Gasteiger partial charge in [-0.2, -0.15) is 0 Å². The minimum Gasteiger partial charge on any atom is -0.493 e. The number of esters is 1. The summed E-state index contributed by atoms with van der Waals surface area (Å²) in [5, 5.41) is -0.0677. The van der Waals surface area contributed by atoms with Crippen LogP contribution < -0.4 is 9.47 Å². The van der Waals surface area contributed by atoms with Crippen LogP contribution in [0.4, 0.5) is 4.79 Å². The maximum atomic E-state index is 12.9. The van der Waals surface area contributed by atoms with Crippen molar-refractivity contribution in [1.29, 1.82) is 0 Å². The third kappa shape index (κ3) is 5.19. The second kappa shape index (κ2) is 10.5. The predicted octanol–water partition coefficient (Wildman–Crippen LogP) is 6.57. The van der Waals surface area contributed by atoms with E-state index in [9.17, 15) is 14.4 Å². The second-order valence-electron chi connectivity index (χ2n) is 7.16. The molecule has 0 radical (unpaired) electrons. The molecule has 172 valence electrons. The fourth-order valence-corrected chi connectivity index (χ4v) is 4.84. The summed E-state index contributed by atoms with van der Waals surface area (Å²) >= 11 is 10.4. The standard InChI is InChI=1S/C25H17BrClNO5S/c1-32-20-12-16(11-18(26)22(20)33-24(30)17-9-5-6-10-19(17)27)13-21-23(29)28(25(31)34-21)14-15-7-3-2-4-8-15/h2-13H,14H2,1H3/b21-13-. The van der Waals surface area contributed by atoms with Crippen molar-refractivity contribution in [3.05, 3.63) is 97.8 Å². The van der Waals surface area contributed by atoms with Crippen molar-refractivity contribution in [1.82, 2.24) is 4.90 Å². The molecular formula is C25H17BrClNO5S. The smallest absolute Gasteiger partial charge is 0.345 e. The van der Waals surface area contributed by atoms with E-state index in [4.69, 9.17) is 21.1 Å². The van der Waals surface area contributed by atoms with Crippen LogP contribution in [-0.2, 0) is 11.3 Å². The third-order valence-electron chi connectivity index (χ3n) is 4.90. The Bertz CT molecular complexity index is 1310. The van der Waals surface area contributed by atoms with Crippen molar-refractivity contribution in [3.8, 4) is 11.5 Å². The monoisotopic (exact) mass is 557 g/mol. The van der Waals surface area contributed by atoms with E-state index in [1.807, 2.05) is 30.3 Å². The molecule has 3 aromatic rings. The number of methoxy groups -OCH3 is 1. The molecule has 0 atom stereocenters. The molecule has 0 saturated carbocycles. The van der Waals surface area contributed by atoms with E-state index in [2.05, 4.69) is 15.9 Å². The molecule has 34 heavy (non-hydrogen) atoms. The van der Waals surface area contributed by atoms with Crippen LogP contribution in [0, 0.1) is 0 Å². The lowest BCUT2D eigenvalue weighted by Crippen LogP contribution is -2.27. The van der Waals surface area contributed by atoms with Crippen molar-refractivity contribution >= 4 is 62.5 Å². The number of carbonyl (C=O) groups excluding carboxylic acids is 3. The zero-order chi connectivity index (χ0) is 24.2. The van der Waals surface area contributed by atoms with E-state index < -0.39 is 5.97 Å². The normalized spacial score (nSPS) is 14.6. The fourth-order valence-electron chi connectivity index (χ4n) is 3.25. The van der Waals surface area contributed by atoms with Crippen LogP contribution in [0.15, 0.2) is 76.1 Å². The first-order valence-corrected chi connectivity index (χ1v) is 12.0. The van der Waals surface area contributed by atoms with Crippen molar-refractivity contribution in [2.45, 2.75) is 6.54 Å². The van der Waals surface area contributed by atoms with Crippen LogP contribution >= 0.6 is 39.3 Å². The summed E-state index contributed by atoms with van der Waals surface area (Å²) in [6, 6.07) is 19.1. The van der Waals surface area contributed by atoms with Gasteiger partial charge in [0, 0.05) is 0 Å². The molecule has 1 heterocycles. The molecule has 6 nitrogen and oxygen atoms in total. The molecule has 1 aliphatic heterocycles. The highest BCUT2D eigenvalue weighted by Crippen LogP contribution is 2.40. The van der Waals surface area contributed by atoms with Gasteiger partial charge >= 0.3 is 5.97 Å². The van der Waals surface area contributed by atoms with Crippen molar-refractivity contribution in [2.75, 3.05) is 7.11 Å². The Hall–Kier alpha value is -3.07. The maximum absolute atomic E-state index is 12.9. The fraction of sp³-hybridized carbons (Fsp3) is 0.0800. The van der Waals surface area contributed by atoms with Crippen LogP contribution in [-0.4, -0.2) is 29.1 Å². The summed E-state index contributed by atoms with van der Waals surface area (Å²) in [5.74, 6) is -0.575. The van der Waals surface area contributed by atoms with Crippen molar-refractivity contribution in [2.24, 2.45) is 0 Å². The van der Waals surface area contributed by atoms with Gasteiger partial charge in [0.15, 0.2) is 11.5 Å². The Balaban J connectivity index is 1.58. The predicted molar refractivity (Wildman–Crippen MR) is 135 cm³/mol. The molecule has 0 aromatic heterocycles. The summed E-state index contributed by atoms with van der Waals surface area (Å²) < 4.78 is 11.4. The van der Waals surface area contributed by atoms with Crippen LogP contribution in [0.5, 0.6) is 11.5 Å². The molecule has 1 fully saturated rings. The lowest BCUT2D eigenvalue weighted by Gasteiger charge is -2.13. The minimum atomic E-state index is -0.639.